The zero-order chi connectivity index (χ0) is 18.0. The van der Waals surface area contributed by atoms with E-state index in [1.807, 2.05) is 0 Å². The topological polar surface area (TPSA) is 127 Å². The number of amides is 1. The second kappa shape index (κ2) is 6.71. The molecule has 0 atom stereocenters. The van der Waals surface area contributed by atoms with Crippen LogP contribution in [0.15, 0.2) is 24.4 Å². The fourth-order valence-corrected chi connectivity index (χ4v) is 2.47. The molecule has 25 heavy (non-hydrogen) atoms. The van der Waals surface area contributed by atoms with E-state index in [0.717, 1.165) is 30.5 Å². The van der Waals surface area contributed by atoms with E-state index in [9.17, 15) is 19.7 Å². The molecule has 1 fully saturated rings. The van der Waals surface area contributed by atoms with Gasteiger partial charge < -0.3 is 10.1 Å². The van der Waals surface area contributed by atoms with E-state index in [4.69, 9.17) is 4.74 Å². The van der Waals surface area contributed by atoms with Crippen molar-refractivity contribution in [2.24, 2.45) is 0 Å². The van der Waals surface area contributed by atoms with Crippen LogP contribution in [0, 0.1) is 10.1 Å². The molecule has 0 unspecified atom stereocenters. The summed E-state index contributed by atoms with van der Waals surface area (Å²) in [5.41, 5.74) is 0.494. The minimum Gasteiger partial charge on any atom is -0.462 e. The van der Waals surface area contributed by atoms with E-state index < -0.39 is 16.8 Å². The molecule has 3 rings (SSSR count). The molecular weight excluding hydrogens is 328 g/mol. The Bertz CT molecular complexity index is 841. The zero-order valence-corrected chi connectivity index (χ0v) is 13.4. The Balaban J connectivity index is 1.89. The molecule has 1 saturated carbocycles. The molecule has 1 aromatic heterocycles. The Labute approximate surface area is 142 Å². The predicted octanol–water partition coefficient (Wildman–Crippen LogP) is 2.62. The fraction of sp³-hybridized carbons (Fsp3) is 0.312. The average Bonchev–Trinajstić information content (AvgIpc) is 3.34. The number of anilines is 1. The van der Waals surface area contributed by atoms with Gasteiger partial charge in [-0.15, -0.1) is 0 Å². The summed E-state index contributed by atoms with van der Waals surface area (Å²) in [5, 5.41) is 20.4. The molecule has 0 aliphatic heterocycles. The number of hydrogen-bond acceptors (Lipinski definition) is 6. The Kier molecular flexibility index (Phi) is 4.46. The summed E-state index contributed by atoms with van der Waals surface area (Å²) >= 11 is 0. The van der Waals surface area contributed by atoms with Crippen LogP contribution in [0.5, 0.6) is 0 Å². The van der Waals surface area contributed by atoms with Gasteiger partial charge in [0.25, 0.3) is 11.6 Å². The lowest BCUT2D eigenvalue weighted by Gasteiger charge is -2.07. The second-order valence-corrected chi connectivity index (χ2v) is 5.67. The number of rotatable bonds is 6. The van der Waals surface area contributed by atoms with Crippen LogP contribution in [0.3, 0.4) is 0 Å². The maximum absolute atomic E-state index is 12.5. The number of H-pyrrole nitrogens is 1. The van der Waals surface area contributed by atoms with Gasteiger partial charge in [0.1, 0.15) is 5.82 Å². The Morgan fingerprint density at radius 1 is 1.36 bits per heavy atom. The van der Waals surface area contributed by atoms with Crippen LogP contribution >= 0.6 is 0 Å². The largest absolute Gasteiger partial charge is 0.462 e. The quantitative estimate of drug-likeness (QED) is 0.471. The normalized spacial score (nSPS) is 13.3. The molecule has 0 bridgehead atoms. The minimum absolute atomic E-state index is 0.00593. The number of nitrogens with zero attached hydrogens (tertiary/aromatic N) is 2. The van der Waals surface area contributed by atoms with Gasteiger partial charge in [0, 0.05) is 23.3 Å². The summed E-state index contributed by atoms with van der Waals surface area (Å²) < 4.78 is 4.85. The van der Waals surface area contributed by atoms with Gasteiger partial charge in [-0.05, 0) is 31.7 Å². The first-order valence-electron chi connectivity index (χ1n) is 7.80. The number of ether oxygens (including phenoxy) is 1. The molecule has 0 radical (unpaired) electrons. The van der Waals surface area contributed by atoms with Crippen molar-refractivity contribution in [2.75, 3.05) is 11.9 Å². The number of nitrogens with one attached hydrogen (secondary N) is 2. The summed E-state index contributed by atoms with van der Waals surface area (Å²) in [6.45, 7) is 1.75. The van der Waals surface area contributed by atoms with Crippen molar-refractivity contribution < 1.29 is 19.2 Å². The minimum atomic E-state index is -0.722. The molecule has 0 saturated heterocycles. The van der Waals surface area contributed by atoms with E-state index in [1.165, 1.54) is 6.07 Å². The standard InChI is InChI=1S/C16H16N4O5/c1-2-25-16(22)11-5-10(6-12(7-11)20(23)24)15(21)18-14-13(8-17-19-14)9-3-4-9/h5-9H,2-4H2,1H3,(H2,17,18,19,21). The first-order chi connectivity index (χ1) is 12.0. The Morgan fingerprint density at radius 3 is 2.72 bits per heavy atom. The van der Waals surface area contributed by atoms with Gasteiger partial charge in [-0.25, -0.2) is 4.79 Å². The smallest absolute Gasteiger partial charge is 0.338 e. The highest BCUT2D eigenvalue weighted by Crippen LogP contribution is 2.42. The number of carbonyl (C=O) groups excluding carboxylic acids is 2. The van der Waals surface area contributed by atoms with Crippen LogP contribution in [0.1, 0.15) is 52.0 Å². The van der Waals surface area contributed by atoms with Crippen LogP contribution < -0.4 is 5.32 Å². The molecule has 1 heterocycles. The Morgan fingerprint density at radius 2 is 2.08 bits per heavy atom. The van der Waals surface area contributed by atoms with Crippen LogP contribution in [-0.4, -0.2) is 33.6 Å². The lowest BCUT2D eigenvalue weighted by molar-refractivity contribution is -0.384. The van der Waals surface area contributed by atoms with Gasteiger partial charge in [-0.2, -0.15) is 5.10 Å². The molecule has 1 aromatic carbocycles. The van der Waals surface area contributed by atoms with Crippen LogP contribution in [0.2, 0.25) is 0 Å². The van der Waals surface area contributed by atoms with Gasteiger partial charge >= 0.3 is 5.97 Å². The number of benzene rings is 1. The van der Waals surface area contributed by atoms with Crippen molar-refractivity contribution in [3.8, 4) is 0 Å². The lowest BCUT2D eigenvalue weighted by atomic mass is 10.1. The number of nitro benzene ring substituents is 1. The number of aromatic amines is 1. The molecule has 0 spiro atoms. The molecule has 1 aliphatic rings. The highest BCUT2D eigenvalue weighted by Gasteiger charge is 2.28. The number of carbonyl (C=O) groups is 2. The highest BCUT2D eigenvalue weighted by molar-refractivity contribution is 6.06. The molecule has 9 heteroatoms. The van der Waals surface area contributed by atoms with Crippen molar-refractivity contribution in [1.82, 2.24) is 10.2 Å². The van der Waals surface area contributed by atoms with Crippen LogP contribution in [-0.2, 0) is 4.74 Å². The molecule has 1 aliphatic carbocycles. The van der Waals surface area contributed by atoms with E-state index in [1.54, 1.807) is 13.1 Å². The molecule has 130 valence electrons. The van der Waals surface area contributed by atoms with Gasteiger partial charge in [0.15, 0.2) is 0 Å². The molecule has 2 N–H and O–H groups in total. The van der Waals surface area contributed by atoms with Gasteiger partial charge in [0.05, 0.1) is 23.3 Å². The Hall–Kier alpha value is -3.23. The van der Waals surface area contributed by atoms with E-state index in [2.05, 4.69) is 15.5 Å². The number of esters is 1. The monoisotopic (exact) mass is 344 g/mol. The van der Waals surface area contributed by atoms with Gasteiger partial charge in [-0.1, -0.05) is 0 Å². The third-order valence-electron chi connectivity index (χ3n) is 3.83. The van der Waals surface area contributed by atoms with Crippen molar-refractivity contribution in [2.45, 2.75) is 25.7 Å². The summed E-state index contributed by atoms with van der Waals surface area (Å²) in [5.74, 6) is -0.452. The average molecular weight is 344 g/mol. The lowest BCUT2D eigenvalue weighted by Crippen LogP contribution is -2.15. The number of hydrogen-bond donors (Lipinski definition) is 2. The number of aromatic nitrogens is 2. The molecular formula is C16H16N4O5. The maximum Gasteiger partial charge on any atom is 0.338 e. The maximum atomic E-state index is 12.5. The summed E-state index contributed by atoms with van der Waals surface area (Å²) in [7, 11) is 0. The third-order valence-corrected chi connectivity index (χ3v) is 3.83. The molecule has 1 amide bonds. The fourth-order valence-electron chi connectivity index (χ4n) is 2.47. The summed E-state index contributed by atoms with van der Waals surface area (Å²) in [4.78, 5) is 34.8. The van der Waals surface area contributed by atoms with Crippen LogP contribution in [0.4, 0.5) is 11.5 Å². The van der Waals surface area contributed by atoms with E-state index in [0.29, 0.717) is 11.7 Å². The zero-order valence-electron chi connectivity index (χ0n) is 13.4. The highest BCUT2D eigenvalue weighted by atomic mass is 16.6. The third kappa shape index (κ3) is 3.65. The van der Waals surface area contributed by atoms with Gasteiger partial charge in [0.2, 0.25) is 0 Å². The van der Waals surface area contributed by atoms with Crippen molar-refractivity contribution in [3.63, 3.8) is 0 Å². The van der Waals surface area contributed by atoms with Crippen molar-refractivity contribution >= 4 is 23.4 Å². The van der Waals surface area contributed by atoms with E-state index >= 15 is 0 Å². The molecule has 9 nitrogen and oxygen atoms in total. The van der Waals surface area contributed by atoms with Crippen LogP contribution in [0.25, 0.3) is 0 Å². The van der Waals surface area contributed by atoms with E-state index in [-0.39, 0.29) is 23.4 Å². The first kappa shape index (κ1) is 16.6. The summed E-state index contributed by atoms with van der Waals surface area (Å²) in [6.07, 6.45) is 3.73. The van der Waals surface area contributed by atoms with Crippen molar-refractivity contribution in [1.29, 1.82) is 0 Å². The van der Waals surface area contributed by atoms with Gasteiger partial charge in [-0.3, -0.25) is 20.0 Å². The first-order valence-corrected chi connectivity index (χ1v) is 7.80. The SMILES string of the molecule is CCOC(=O)c1cc(C(=O)Nc2[nH]ncc2C2CC2)cc([N+](=O)[O-])c1. The molecule has 2 aromatic rings. The summed E-state index contributed by atoms with van der Waals surface area (Å²) in [6, 6.07) is 3.47. The predicted molar refractivity (Wildman–Crippen MR) is 87.6 cm³/mol. The second-order valence-electron chi connectivity index (χ2n) is 5.67. The van der Waals surface area contributed by atoms with Crippen molar-refractivity contribution in [3.05, 3.63) is 51.2 Å². The number of non-ortho nitro benzene ring substituents is 1. The number of nitro groups is 1.